The van der Waals surface area contributed by atoms with Crippen LogP contribution in [0.25, 0.3) is 0 Å². The van der Waals surface area contributed by atoms with Gasteiger partial charge in [0.2, 0.25) is 15.9 Å². The zero-order valence-electron chi connectivity index (χ0n) is 13.1. The molecule has 1 aromatic heterocycles. The molecule has 3 heterocycles. The van der Waals surface area contributed by atoms with E-state index in [1.807, 2.05) is 0 Å². The molecule has 2 aliphatic rings. The Morgan fingerprint density at radius 2 is 2.13 bits per heavy atom. The summed E-state index contributed by atoms with van der Waals surface area (Å²) in [5.74, 6) is 1.61. The Labute approximate surface area is 135 Å². The van der Waals surface area contributed by atoms with Gasteiger partial charge in [0.05, 0.1) is 19.3 Å². The average molecular weight is 343 g/mol. The van der Waals surface area contributed by atoms with Gasteiger partial charge in [-0.15, -0.1) is 0 Å². The lowest BCUT2D eigenvalue weighted by Gasteiger charge is -2.25. The van der Waals surface area contributed by atoms with Crippen molar-refractivity contribution in [1.82, 2.24) is 14.6 Å². The van der Waals surface area contributed by atoms with Crippen LogP contribution < -0.4 is 4.72 Å². The Hall–Kier alpha value is -1.45. The topological polar surface area (TPSA) is 102 Å². The molecule has 8 nitrogen and oxygen atoms in total. The zero-order chi connectivity index (χ0) is 16.4. The number of hydrogen-bond donors (Lipinski definition) is 1. The summed E-state index contributed by atoms with van der Waals surface area (Å²) in [6.45, 7) is 2.10. The number of rotatable bonds is 4. The van der Waals surface area contributed by atoms with E-state index in [-0.39, 0.29) is 18.4 Å². The number of sulfonamides is 1. The summed E-state index contributed by atoms with van der Waals surface area (Å²) < 4.78 is 35.6. The summed E-state index contributed by atoms with van der Waals surface area (Å²) in [5.41, 5.74) is 0.783. The molecule has 1 amide bonds. The number of ether oxygens (including phenoxy) is 1. The standard InChI is InChI=1S/C14H21N3O5S/c1-23(19,20)15-8-13(18)17-5-2-12-11(9-17)16-14(22-12)10-3-6-21-7-4-10/h10,15H,2-9H2,1H3. The SMILES string of the molecule is CS(=O)(=O)NCC(=O)N1CCc2oc(C3CCOCC3)nc2C1. The molecule has 23 heavy (non-hydrogen) atoms. The van der Waals surface area contributed by atoms with Gasteiger partial charge in [0.25, 0.3) is 0 Å². The van der Waals surface area contributed by atoms with Crippen LogP contribution in [0.15, 0.2) is 4.42 Å². The van der Waals surface area contributed by atoms with Crippen LogP contribution in [-0.4, -0.2) is 56.8 Å². The Morgan fingerprint density at radius 1 is 1.39 bits per heavy atom. The summed E-state index contributed by atoms with van der Waals surface area (Å²) in [6, 6.07) is 0. The van der Waals surface area contributed by atoms with Crippen LogP contribution in [0.3, 0.4) is 0 Å². The minimum Gasteiger partial charge on any atom is -0.445 e. The van der Waals surface area contributed by atoms with Gasteiger partial charge in [-0.3, -0.25) is 4.79 Å². The van der Waals surface area contributed by atoms with E-state index in [0.29, 0.717) is 19.5 Å². The molecule has 0 atom stereocenters. The van der Waals surface area contributed by atoms with E-state index in [9.17, 15) is 13.2 Å². The van der Waals surface area contributed by atoms with Crippen LogP contribution in [0, 0.1) is 0 Å². The molecule has 0 saturated carbocycles. The first kappa shape index (κ1) is 16.4. The second-order valence-electron chi connectivity index (χ2n) is 5.97. The van der Waals surface area contributed by atoms with Crippen LogP contribution in [-0.2, 0) is 32.5 Å². The maximum atomic E-state index is 12.1. The van der Waals surface area contributed by atoms with Gasteiger partial charge in [0, 0.05) is 32.1 Å². The van der Waals surface area contributed by atoms with Gasteiger partial charge in [0.15, 0.2) is 5.89 Å². The van der Waals surface area contributed by atoms with Gasteiger partial charge >= 0.3 is 0 Å². The fourth-order valence-electron chi connectivity index (χ4n) is 2.86. The second-order valence-corrected chi connectivity index (χ2v) is 7.80. The third-order valence-corrected chi connectivity index (χ3v) is 4.82. The first-order valence-electron chi connectivity index (χ1n) is 7.71. The zero-order valence-corrected chi connectivity index (χ0v) is 13.9. The molecular formula is C14H21N3O5S. The number of amides is 1. The summed E-state index contributed by atoms with van der Waals surface area (Å²) in [4.78, 5) is 18.3. The van der Waals surface area contributed by atoms with Gasteiger partial charge in [-0.05, 0) is 12.8 Å². The van der Waals surface area contributed by atoms with Crippen LogP contribution in [0.1, 0.15) is 36.1 Å². The number of aromatic nitrogens is 1. The molecule has 0 spiro atoms. The number of nitrogens with one attached hydrogen (secondary N) is 1. The number of oxazole rings is 1. The van der Waals surface area contributed by atoms with Gasteiger partial charge < -0.3 is 14.1 Å². The highest BCUT2D eigenvalue weighted by Crippen LogP contribution is 2.29. The minimum absolute atomic E-state index is 0.223. The van der Waals surface area contributed by atoms with E-state index in [1.54, 1.807) is 4.90 Å². The number of carbonyl (C=O) groups is 1. The maximum absolute atomic E-state index is 12.1. The minimum atomic E-state index is -3.37. The van der Waals surface area contributed by atoms with Crippen molar-refractivity contribution in [2.75, 3.05) is 32.6 Å². The maximum Gasteiger partial charge on any atom is 0.237 e. The van der Waals surface area contributed by atoms with Gasteiger partial charge in [0.1, 0.15) is 11.5 Å². The predicted octanol–water partition coefficient (Wildman–Crippen LogP) is 0.00250. The van der Waals surface area contributed by atoms with E-state index in [0.717, 1.165) is 49.7 Å². The molecule has 0 bridgehead atoms. The van der Waals surface area contributed by atoms with Crippen molar-refractivity contribution in [1.29, 1.82) is 0 Å². The smallest absolute Gasteiger partial charge is 0.237 e. The molecule has 1 fully saturated rings. The molecule has 1 N–H and O–H groups in total. The van der Waals surface area contributed by atoms with Crippen molar-refractivity contribution in [3.05, 3.63) is 17.3 Å². The van der Waals surface area contributed by atoms with Crippen LogP contribution in [0.5, 0.6) is 0 Å². The molecule has 3 rings (SSSR count). The molecule has 128 valence electrons. The van der Waals surface area contributed by atoms with Crippen molar-refractivity contribution < 1.29 is 22.4 Å². The predicted molar refractivity (Wildman–Crippen MR) is 81.3 cm³/mol. The third-order valence-electron chi connectivity index (χ3n) is 4.15. The van der Waals surface area contributed by atoms with Crippen molar-refractivity contribution in [2.24, 2.45) is 0 Å². The second kappa shape index (κ2) is 6.58. The lowest BCUT2D eigenvalue weighted by molar-refractivity contribution is -0.130. The van der Waals surface area contributed by atoms with E-state index >= 15 is 0 Å². The van der Waals surface area contributed by atoms with E-state index in [4.69, 9.17) is 9.15 Å². The summed E-state index contributed by atoms with van der Waals surface area (Å²) in [5, 5.41) is 0. The summed E-state index contributed by atoms with van der Waals surface area (Å²) >= 11 is 0. The molecule has 0 radical (unpaired) electrons. The lowest BCUT2D eigenvalue weighted by atomic mass is 10.0. The number of hydrogen-bond acceptors (Lipinski definition) is 6. The van der Waals surface area contributed by atoms with E-state index < -0.39 is 10.0 Å². The largest absolute Gasteiger partial charge is 0.445 e. The molecule has 9 heteroatoms. The number of nitrogens with zero attached hydrogens (tertiary/aromatic N) is 2. The van der Waals surface area contributed by atoms with Crippen LogP contribution in [0.2, 0.25) is 0 Å². The molecule has 0 aromatic carbocycles. The van der Waals surface area contributed by atoms with Crippen molar-refractivity contribution in [2.45, 2.75) is 31.7 Å². The normalized spacial score (nSPS) is 19.6. The van der Waals surface area contributed by atoms with Crippen LogP contribution >= 0.6 is 0 Å². The monoisotopic (exact) mass is 343 g/mol. The molecule has 0 unspecified atom stereocenters. The quantitative estimate of drug-likeness (QED) is 0.826. The van der Waals surface area contributed by atoms with Crippen molar-refractivity contribution in [3.8, 4) is 0 Å². The van der Waals surface area contributed by atoms with Gasteiger partial charge in [-0.2, -0.15) is 0 Å². The highest BCUT2D eigenvalue weighted by Gasteiger charge is 2.28. The third kappa shape index (κ3) is 4.10. The van der Waals surface area contributed by atoms with Gasteiger partial charge in [-0.25, -0.2) is 18.1 Å². The fourth-order valence-corrected chi connectivity index (χ4v) is 3.24. The number of fused-ring (bicyclic) bond motifs is 1. The first-order chi connectivity index (χ1) is 10.9. The average Bonchev–Trinajstić information content (AvgIpc) is 2.96. The molecule has 1 aromatic rings. The first-order valence-corrected chi connectivity index (χ1v) is 9.60. The van der Waals surface area contributed by atoms with E-state index in [1.165, 1.54) is 0 Å². The summed E-state index contributed by atoms with van der Waals surface area (Å²) in [6.07, 6.45) is 3.45. The highest BCUT2D eigenvalue weighted by atomic mass is 32.2. The Bertz CT molecular complexity index is 679. The van der Waals surface area contributed by atoms with Crippen molar-refractivity contribution >= 4 is 15.9 Å². The van der Waals surface area contributed by atoms with E-state index in [2.05, 4.69) is 9.71 Å². The van der Waals surface area contributed by atoms with Crippen molar-refractivity contribution in [3.63, 3.8) is 0 Å². The lowest BCUT2D eigenvalue weighted by Crippen LogP contribution is -2.42. The highest BCUT2D eigenvalue weighted by molar-refractivity contribution is 7.88. The molecule has 2 aliphatic heterocycles. The molecule has 1 saturated heterocycles. The van der Waals surface area contributed by atoms with Crippen LogP contribution in [0.4, 0.5) is 0 Å². The fraction of sp³-hybridized carbons (Fsp3) is 0.714. The Balaban J connectivity index is 1.64. The molecular weight excluding hydrogens is 322 g/mol. The van der Waals surface area contributed by atoms with Gasteiger partial charge in [-0.1, -0.05) is 0 Å². The number of carbonyl (C=O) groups excluding carboxylic acids is 1. The summed E-state index contributed by atoms with van der Waals surface area (Å²) in [7, 11) is -3.37. The Morgan fingerprint density at radius 3 is 2.83 bits per heavy atom. The molecule has 0 aliphatic carbocycles. The Kier molecular flexibility index (Phi) is 4.69.